The third-order valence-electron chi connectivity index (χ3n) is 4.15. The van der Waals surface area contributed by atoms with Crippen LogP contribution in [0.3, 0.4) is 0 Å². The molecule has 1 aromatic heterocycles. The average molecular weight is 349 g/mol. The first-order valence-electron chi connectivity index (χ1n) is 7.73. The van der Waals surface area contributed by atoms with E-state index in [1.807, 2.05) is 6.07 Å². The van der Waals surface area contributed by atoms with Gasteiger partial charge in [0.1, 0.15) is 11.3 Å². The van der Waals surface area contributed by atoms with E-state index in [1.165, 1.54) is 0 Å². The van der Waals surface area contributed by atoms with Gasteiger partial charge in [-0.05, 0) is 37.1 Å². The number of carbonyl (C=O) groups is 2. The molecule has 7 heteroatoms. The second-order valence-corrected chi connectivity index (χ2v) is 6.16. The number of hydrogen-bond acceptors (Lipinski definition) is 4. The SMILES string of the molecule is O=C(O)C1CCCN(C(=O)COc2ccc(Cl)c3cccnc23)C1. The molecule has 1 aliphatic heterocycles. The summed E-state index contributed by atoms with van der Waals surface area (Å²) >= 11 is 6.13. The minimum Gasteiger partial charge on any atom is -0.481 e. The molecule has 0 saturated carbocycles. The summed E-state index contributed by atoms with van der Waals surface area (Å²) in [4.78, 5) is 29.2. The summed E-state index contributed by atoms with van der Waals surface area (Å²) in [7, 11) is 0. The summed E-state index contributed by atoms with van der Waals surface area (Å²) < 4.78 is 5.63. The van der Waals surface area contributed by atoms with Crippen LogP contribution in [0.15, 0.2) is 30.5 Å². The molecule has 0 aliphatic carbocycles. The fraction of sp³-hybridized carbons (Fsp3) is 0.353. The molecule has 3 rings (SSSR count). The van der Waals surface area contributed by atoms with E-state index in [-0.39, 0.29) is 19.1 Å². The molecule has 2 aromatic rings. The fourth-order valence-electron chi connectivity index (χ4n) is 2.86. The molecule has 1 unspecified atom stereocenters. The van der Waals surface area contributed by atoms with E-state index in [0.29, 0.717) is 35.7 Å². The predicted octanol–water partition coefficient (Wildman–Crippen LogP) is 2.59. The predicted molar refractivity (Wildman–Crippen MR) is 89.2 cm³/mol. The van der Waals surface area contributed by atoms with E-state index in [4.69, 9.17) is 21.4 Å². The van der Waals surface area contributed by atoms with Gasteiger partial charge in [0.15, 0.2) is 6.61 Å². The van der Waals surface area contributed by atoms with Gasteiger partial charge in [0, 0.05) is 24.7 Å². The van der Waals surface area contributed by atoms with Crippen molar-refractivity contribution in [3.63, 3.8) is 0 Å². The van der Waals surface area contributed by atoms with Gasteiger partial charge in [-0.25, -0.2) is 0 Å². The molecule has 1 aromatic carbocycles. The Bertz CT molecular complexity index is 780. The third kappa shape index (κ3) is 3.43. The quantitative estimate of drug-likeness (QED) is 0.918. The maximum Gasteiger partial charge on any atom is 0.308 e. The van der Waals surface area contributed by atoms with Gasteiger partial charge in [-0.15, -0.1) is 0 Å². The summed E-state index contributed by atoms with van der Waals surface area (Å²) in [5.41, 5.74) is 0.597. The summed E-state index contributed by atoms with van der Waals surface area (Å²) in [6.07, 6.45) is 2.93. The molecule has 0 radical (unpaired) electrons. The van der Waals surface area contributed by atoms with Crippen LogP contribution < -0.4 is 4.74 Å². The monoisotopic (exact) mass is 348 g/mol. The maximum absolute atomic E-state index is 12.3. The molecule has 2 heterocycles. The number of halogens is 1. The summed E-state index contributed by atoms with van der Waals surface area (Å²) in [5, 5.41) is 10.4. The van der Waals surface area contributed by atoms with Gasteiger partial charge in [-0.2, -0.15) is 0 Å². The van der Waals surface area contributed by atoms with Gasteiger partial charge in [-0.1, -0.05) is 11.6 Å². The number of hydrogen-bond donors (Lipinski definition) is 1. The van der Waals surface area contributed by atoms with Crippen molar-refractivity contribution in [2.75, 3.05) is 19.7 Å². The van der Waals surface area contributed by atoms with Gasteiger partial charge < -0.3 is 14.7 Å². The molecule has 126 valence electrons. The van der Waals surface area contributed by atoms with Crippen molar-refractivity contribution in [2.45, 2.75) is 12.8 Å². The molecule has 1 atom stereocenters. The Hall–Kier alpha value is -2.34. The Kier molecular flexibility index (Phi) is 4.85. The number of aliphatic carboxylic acids is 1. The smallest absolute Gasteiger partial charge is 0.308 e. The number of nitrogens with zero attached hydrogens (tertiary/aromatic N) is 2. The highest BCUT2D eigenvalue weighted by Crippen LogP contribution is 2.29. The zero-order chi connectivity index (χ0) is 17.1. The van der Waals surface area contributed by atoms with Gasteiger partial charge in [-0.3, -0.25) is 14.6 Å². The lowest BCUT2D eigenvalue weighted by Gasteiger charge is -2.30. The van der Waals surface area contributed by atoms with Crippen molar-refractivity contribution in [3.8, 4) is 5.75 Å². The van der Waals surface area contributed by atoms with Gasteiger partial charge in [0.25, 0.3) is 5.91 Å². The first-order valence-corrected chi connectivity index (χ1v) is 8.10. The standard InChI is InChI=1S/C17H17ClN2O4/c18-13-5-6-14(16-12(13)4-1-7-19-16)24-10-15(21)20-8-2-3-11(9-20)17(22)23/h1,4-7,11H,2-3,8-10H2,(H,22,23). The summed E-state index contributed by atoms with van der Waals surface area (Å²) in [6.45, 7) is 0.641. The van der Waals surface area contributed by atoms with Crippen LogP contribution in [0.4, 0.5) is 0 Å². The molecule has 6 nitrogen and oxygen atoms in total. The van der Waals surface area contributed by atoms with Crippen LogP contribution in [0.5, 0.6) is 5.75 Å². The van der Waals surface area contributed by atoms with E-state index >= 15 is 0 Å². The number of aromatic nitrogens is 1. The summed E-state index contributed by atoms with van der Waals surface area (Å²) in [6, 6.07) is 7.00. The molecule has 1 N–H and O–H groups in total. The number of carboxylic acids is 1. The lowest BCUT2D eigenvalue weighted by Crippen LogP contribution is -2.44. The third-order valence-corrected chi connectivity index (χ3v) is 4.48. The van der Waals surface area contributed by atoms with Crippen LogP contribution >= 0.6 is 11.6 Å². The Morgan fingerprint density at radius 2 is 2.21 bits per heavy atom. The molecule has 1 aliphatic rings. The Balaban J connectivity index is 1.69. The number of piperidine rings is 1. The van der Waals surface area contributed by atoms with Crippen LogP contribution in [0, 0.1) is 5.92 Å². The van der Waals surface area contributed by atoms with Gasteiger partial charge in [0.2, 0.25) is 0 Å². The van der Waals surface area contributed by atoms with Crippen molar-refractivity contribution in [2.24, 2.45) is 5.92 Å². The number of amides is 1. The van der Waals surface area contributed by atoms with Crippen LogP contribution in [0.1, 0.15) is 12.8 Å². The molecular formula is C17H17ClN2O4. The normalized spacial score (nSPS) is 17.7. The largest absolute Gasteiger partial charge is 0.481 e. The van der Waals surface area contributed by atoms with E-state index < -0.39 is 11.9 Å². The number of rotatable bonds is 4. The van der Waals surface area contributed by atoms with Crippen molar-refractivity contribution in [1.82, 2.24) is 9.88 Å². The van der Waals surface area contributed by atoms with E-state index in [1.54, 1.807) is 29.3 Å². The number of benzene rings is 1. The number of carboxylic acid groups (broad SMARTS) is 1. The van der Waals surface area contributed by atoms with Gasteiger partial charge in [0.05, 0.1) is 10.9 Å². The molecule has 0 bridgehead atoms. The lowest BCUT2D eigenvalue weighted by atomic mass is 9.98. The van der Waals surface area contributed by atoms with Crippen LogP contribution in [0.25, 0.3) is 10.9 Å². The minimum absolute atomic E-state index is 0.153. The number of carbonyl (C=O) groups excluding carboxylic acids is 1. The first kappa shape index (κ1) is 16.5. The number of likely N-dealkylation sites (tertiary alicyclic amines) is 1. The zero-order valence-corrected chi connectivity index (χ0v) is 13.7. The lowest BCUT2D eigenvalue weighted by molar-refractivity contribution is -0.146. The molecule has 0 spiro atoms. The number of pyridine rings is 1. The molecular weight excluding hydrogens is 332 g/mol. The van der Waals surface area contributed by atoms with Crippen LogP contribution in [-0.4, -0.2) is 46.6 Å². The molecule has 1 amide bonds. The van der Waals surface area contributed by atoms with E-state index in [9.17, 15) is 9.59 Å². The second kappa shape index (κ2) is 7.05. The highest BCUT2D eigenvalue weighted by Gasteiger charge is 2.28. The fourth-order valence-corrected chi connectivity index (χ4v) is 3.08. The zero-order valence-electron chi connectivity index (χ0n) is 12.9. The van der Waals surface area contributed by atoms with Gasteiger partial charge >= 0.3 is 5.97 Å². The average Bonchev–Trinajstić information content (AvgIpc) is 2.61. The number of ether oxygens (including phenoxy) is 1. The van der Waals surface area contributed by atoms with E-state index in [2.05, 4.69) is 4.98 Å². The van der Waals surface area contributed by atoms with E-state index in [0.717, 1.165) is 5.39 Å². The first-order chi connectivity index (χ1) is 11.6. The van der Waals surface area contributed by atoms with Crippen molar-refractivity contribution >= 4 is 34.4 Å². The Morgan fingerprint density at radius 3 is 3.00 bits per heavy atom. The molecule has 1 fully saturated rings. The topological polar surface area (TPSA) is 79.7 Å². The van der Waals surface area contributed by atoms with Crippen molar-refractivity contribution in [3.05, 3.63) is 35.5 Å². The highest BCUT2D eigenvalue weighted by molar-refractivity contribution is 6.35. The van der Waals surface area contributed by atoms with Crippen LogP contribution in [0.2, 0.25) is 5.02 Å². The molecule has 24 heavy (non-hydrogen) atoms. The van der Waals surface area contributed by atoms with Crippen LogP contribution in [-0.2, 0) is 9.59 Å². The second-order valence-electron chi connectivity index (χ2n) is 5.75. The summed E-state index contributed by atoms with van der Waals surface area (Å²) in [5.74, 6) is -1.10. The maximum atomic E-state index is 12.3. The highest BCUT2D eigenvalue weighted by atomic mass is 35.5. The Labute approximate surface area is 144 Å². The van der Waals surface area contributed by atoms with Crippen molar-refractivity contribution in [1.29, 1.82) is 0 Å². The minimum atomic E-state index is -0.860. The van der Waals surface area contributed by atoms with Crippen molar-refractivity contribution < 1.29 is 19.4 Å². The Morgan fingerprint density at radius 1 is 1.38 bits per heavy atom. The molecule has 1 saturated heterocycles. The number of fused-ring (bicyclic) bond motifs is 1.